The van der Waals surface area contributed by atoms with Crippen LogP contribution >= 0.6 is 0 Å². The molecule has 1 saturated heterocycles. The van der Waals surface area contributed by atoms with Gasteiger partial charge in [-0.05, 0) is 45.4 Å². The van der Waals surface area contributed by atoms with Crippen LogP contribution in [0.3, 0.4) is 0 Å². The van der Waals surface area contributed by atoms with Gasteiger partial charge in [-0.15, -0.1) is 0 Å². The molecule has 21 heteroatoms. The van der Waals surface area contributed by atoms with Crippen molar-refractivity contribution in [2.45, 2.75) is 186 Å². The molecule has 62 heavy (non-hydrogen) atoms. The molecule has 0 aromatic carbocycles. The number of carbonyl (C=O) groups excluding carboxylic acids is 8. The van der Waals surface area contributed by atoms with Crippen LogP contribution in [-0.4, -0.2) is 125 Å². The summed E-state index contributed by atoms with van der Waals surface area (Å²) in [4.78, 5) is 110. The highest BCUT2D eigenvalue weighted by Crippen LogP contribution is 2.15. The number of aliphatic imine (C=N–C) groups is 1. The molecular formula is C41H74N10O11. The zero-order chi connectivity index (χ0) is 47.1. The summed E-state index contributed by atoms with van der Waals surface area (Å²) in [6, 6.07) is -8.99. The van der Waals surface area contributed by atoms with Gasteiger partial charge in [0.1, 0.15) is 42.4 Å². The Morgan fingerprint density at radius 1 is 0.661 bits per heavy atom. The van der Waals surface area contributed by atoms with Gasteiger partial charge in [0.2, 0.25) is 41.4 Å². The molecule has 1 unspecified atom stereocenters. The first-order valence-electron chi connectivity index (χ1n) is 21.8. The van der Waals surface area contributed by atoms with Gasteiger partial charge in [0.05, 0.1) is 25.0 Å². The van der Waals surface area contributed by atoms with Gasteiger partial charge < -0.3 is 64.1 Å². The number of aliphatic hydroxyl groups excluding tert-OH is 2. The molecule has 0 bridgehead atoms. The van der Waals surface area contributed by atoms with Crippen LogP contribution in [0.5, 0.6) is 0 Å². The van der Waals surface area contributed by atoms with Crippen LogP contribution in [0.25, 0.3) is 0 Å². The summed E-state index contributed by atoms with van der Waals surface area (Å²) in [6.45, 7) is 10.8. The SMILES string of the molecule is CC(C)[C@@H]1NC(=O)[C@@H](C(C)C)NC(=O)[C@@H](NC(=O)CC(O)CCCCCCCCCCCCN=C(N)N)[C@@H](C)OC(=O)[C@@H](C)NC(=O)[C@@H](CC(N)=O)NC(=O)[C@@H]([C@H](C)O)NC1=O. The Balaban J connectivity index is 3.18. The van der Waals surface area contributed by atoms with Crippen LogP contribution in [0.4, 0.5) is 0 Å². The first-order valence-corrected chi connectivity index (χ1v) is 21.8. The first-order chi connectivity index (χ1) is 29.0. The zero-order valence-electron chi connectivity index (χ0n) is 37.5. The molecule has 14 N–H and O–H groups in total. The summed E-state index contributed by atoms with van der Waals surface area (Å²) in [6.07, 6.45) is 5.31. The molecule has 9 atom stereocenters. The third-order valence-corrected chi connectivity index (χ3v) is 10.3. The maximum Gasteiger partial charge on any atom is 0.328 e. The average molecular weight is 883 g/mol. The summed E-state index contributed by atoms with van der Waals surface area (Å²) >= 11 is 0. The zero-order valence-corrected chi connectivity index (χ0v) is 37.5. The van der Waals surface area contributed by atoms with Crippen molar-refractivity contribution in [3.8, 4) is 0 Å². The number of nitrogens with one attached hydrogen (secondary N) is 6. The second-order valence-corrected chi connectivity index (χ2v) is 16.8. The normalized spacial score (nSPS) is 24.5. The molecule has 7 amide bonds. The van der Waals surface area contributed by atoms with Crippen molar-refractivity contribution in [1.29, 1.82) is 0 Å². The van der Waals surface area contributed by atoms with E-state index in [9.17, 15) is 48.6 Å². The molecule has 1 aliphatic rings. The second kappa shape index (κ2) is 28.5. The molecule has 1 fully saturated rings. The number of primary amides is 1. The number of nitrogens with zero attached hydrogens (tertiary/aromatic N) is 1. The average Bonchev–Trinajstić information content (AvgIpc) is 3.16. The summed E-state index contributed by atoms with van der Waals surface area (Å²) in [5, 5.41) is 35.8. The van der Waals surface area contributed by atoms with Crippen molar-refractivity contribution in [3.63, 3.8) is 0 Å². The number of carbonyl (C=O) groups is 8. The number of esters is 1. The monoisotopic (exact) mass is 883 g/mol. The topological polar surface area (TPSA) is 349 Å². The van der Waals surface area contributed by atoms with Crippen molar-refractivity contribution in [2.75, 3.05) is 6.54 Å². The summed E-state index contributed by atoms with van der Waals surface area (Å²) in [5.74, 6) is -8.62. The molecule has 0 radical (unpaired) electrons. The van der Waals surface area contributed by atoms with Crippen molar-refractivity contribution < 1.29 is 53.3 Å². The van der Waals surface area contributed by atoms with Gasteiger partial charge in [0, 0.05) is 6.54 Å². The number of nitrogens with two attached hydrogens (primary N) is 3. The molecule has 1 aliphatic heterocycles. The predicted octanol–water partition coefficient (Wildman–Crippen LogP) is -1.26. The van der Waals surface area contributed by atoms with Crippen LogP contribution in [0.1, 0.15) is 132 Å². The lowest BCUT2D eigenvalue weighted by molar-refractivity contribution is -0.155. The first kappa shape index (κ1) is 55.0. The highest BCUT2D eigenvalue weighted by molar-refractivity contribution is 5.98. The van der Waals surface area contributed by atoms with Crippen LogP contribution in [0.15, 0.2) is 4.99 Å². The van der Waals surface area contributed by atoms with Crippen molar-refractivity contribution in [3.05, 3.63) is 0 Å². The van der Waals surface area contributed by atoms with Gasteiger partial charge in [-0.1, -0.05) is 85.5 Å². The molecule has 354 valence electrons. The number of amides is 7. The van der Waals surface area contributed by atoms with Crippen LogP contribution in [-0.2, 0) is 43.1 Å². The van der Waals surface area contributed by atoms with Gasteiger partial charge in [0.25, 0.3) is 0 Å². The molecule has 0 spiro atoms. The lowest BCUT2D eigenvalue weighted by atomic mass is 9.98. The Labute approximate surface area is 365 Å². The fourth-order valence-electron chi connectivity index (χ4n) is 6.66. The Morgan fingerprint density at radius 2 is 1.13 bits per heavy atom. The molecule has 21 nitrogen and oxygen atoms in total. The van der Waals surface area contributed by atoms with E-state index in [0.29, 0.717) is 19.4 Å². The van der Waals surface area contributed by atoms with Crippen LogP contribution in [0, 0.1) is 11.8 Å². The summed E-state index contributed by atoms with van der Waals surface area (Å²) < 4.78 is 5.52. The maximum absolute atomic E-state index is 13.9. The summed E-state index contributed by atoms with van der Waals surface area (Å²) in [7, 11) is 0. The largest absolute Gasteiger partial charge is 0.458 e. The third kappa shape index (κ3) is 21.2. The maximum atomic E-state index is 13.9. The minimum Gasteiger partial charge on any atom is -0.458 e. The minimum atomic E-state index is -1.68. The van der Waals surface area contributed by atoms with E-state index in [2.05, 4.69) is 36.9 Å². The van der Waals surface area contributed by atoms with Gasteiger partial charge in [-0.25, -0.2) is 4.79 Å². The van der Waals surface area contributed by atoms with Gasteiger partial charge in [-0.2, -0.15) is 0 Å². The fraction of sp³-hybridized carbons (Fsp3) is 0.780. The number of cyclic esters (lactones) is 1. The number of guanidine groups is 1. The van der Waals surface area contributed by atoms with Gasteiger partial charge in [0.15, 0.2) is 5.96 Å². The molecule has 1 rings (SSSR count). The minimum absolute atomic E-state index is 0.112. The molecule has 1 heterocycles. The fourth-order valence-corrected chi connectivity index (χ4v) is 6.66. The van der Waals surface area contributed by atoms with E-state index < -0.39 is 120 Å². The molecule has 0 aromatic rings. The Bertz CT molecular complexity index is 1520. The number of ether oxygens (including phenoxy) is 1. The number of unbranched alkanes of at least 4 members (excludes halogenated alkanes) is 9. The predicted molar refractivity (Wildman–Crippen MR) is 230 cm³/mol. The molecule has 0 saturated carbocycles. The van der Waals surface area contributed by atoms with Crippen molar-refractivity contribution in [2.24, 2.45) is 34.0 Å². The molecule has 0 aromatic heterocycles. The number of hydrogen-bond acceptors (Lipinski definition) is 12. The molecule has 0 aliphatic carbocycles. The Morgan fingerprint density at radius 3 is 1.61 bits per heavy atom. The Hall–Kier alpha value is -5.05. The van der Waals surface area contributed by atoms with Gasteiger partial charge >= 0.3 is 5.97 Å². The summed E-state index contributed by atoms with van der Waals surface area (Å²) in [5.41, 5.74) is 16.0. The van der Waals surface area contributed by atoms with E-state index in [-0.39, 0.29) is 12.4 Å². The lowest BCUT2D eigenvalue weighted by Gasteiger charge is -2.31. The van der Waals surface area contributed by atoms with Crippen molar-refractivity contribution >= 4 is 53.3 Å². The van der Waals surface area contributed by atoms with E-state index >= 15 is 0 Å². The van der Waals surface area contributed by atoms with E-state index in [1.54, 1.807) is 27.7 Å². The highest BCUT2D eigenvalue weighted by atomic mass is 16.5. The quantitative estimate of drug-likeness (QED) is 0.0278. The lowest BCUT2D eigenvalue weighted by Crippen LogP contribution is -2.63. The van der Waals surface area contributed by atoms with E-state index in [0.717, 1.165) is 57.8 Å². The van der Waals surface area contributed by atoms with Crippen LogP contribution < -0.4 is 49.1 Å². The number of aliphatic hydroxyl groups is 2. The van der Waals surface area contributed by atoms with E-state index in [4.69, 9.17) is 21.9 Å². The van der Waals surface area contributed by atoms with E-state index in [1.807, 2.05) is 0 Å². The smallest absolute Gasteiger partial charge is 0.328 e. The highest BCUT2D eigenvalue weighted by Gasteiger charge is 2.39. The van der Waals surface area contributed by atoms with Crippen LogP contribution in [0.2, 0.25) is 0 Å². The van der Waals surface area contributed by atoms with E-state index in [1.165, 1.54) is 20.8 Å². The Kier molecular flexibility index (Phi) is 25.3. The standard InChI is InChI=1S/C41H74N10O11/c1-22(2)31-36(57)49-32(23(3)4)37(58)51-33(25(6)52)38(59)47-28(21-29(42)54)35(56)46-24(5)40(61)62-26(7)34(39(60)50-31)48-30(55)20-27(53)18-16-14-12-10-8-9-11-13-15-17-19-45-41(43)44/h22-28,31-34,52-53H,8-21H2,1-7H3,(H2,42,54)(H,46,56)(H,47,59)(H,48,55)(H,49,57)(H,50,60)(H,51,58)(H4,43,44,45)/t24-,25+,26-,27?,28-,31-,32+,33-,34+/m1/s1. The molecular weight excluding hydrogens is 809 g/mol. The number of rotatable bonds is 21. The second-order valence-electron chi connectivity index (χ2n) is 16.8. The van der Waals surface area contributed by atoms with Crippen molar-refractivity contribution in [1.82, 2.24) is 31.9 Å². The van der Waals surface area contributed by atoms with Gasteiger partial charge in [-0.3, -0.25) is 38.6 Å². The number of hydrogen-bond donors (Lipinski definition) is 11. The third-order valence-electron chi connectivity index (χ3n) is 10.3.